The van der Waals surface area contributed by atoms with E-state index in [0.29, 0.717) is 51.7 Å². The summed E-state index contributed by atoms with van der Waals surface area (Å²) in [6.07, 6.45) is 5.76. The third kappa shape index (κ3) is 3.72. The number of rotatable bonds is 4. The number of ether oxygens (including phenoxy) is 1. The zero-order valence-corrected chi connectivity index (χ0v) is 15.7. The van der Waals surface area contributed by atoms with Crippen LogP contribution < -0.4 is 0 Å². The predicted molar refractivity (Wildman–Crippen MR) is 93.1 cm³/mol. The molecule has 1 amide bonds. The summed E-state index contributed by atoms with van der Waals surface area (Å²) >= 11 is 0. The maximum atomic E-state index is 13.0. The maximum Gasteiger partial charge on any atom is 0.282 e. The lowest BCUT2D eigenvalue weighted by molar-refractivity contribution is -0.139. The number of nitrogens with zero attached hydrogens (tertiary/aromatic N) is 3. The van der Waals surface area contributed by atoms with Crippen LogP contribution in [-0.4, -0.2) is 80.3 Å². The Morgan fingerprint density at radius 2 is 1.80 bits per heavy atom. The zero-order valence-electron chi connectivity index (χ0n) is 14.9. The van der Waals surface area contributed by atoms with Crippen LogP contribution in [0, 0.1) is 11.3 Å². The molecule has 8 heteroatoms. The molecule has 0 N–H and O–H groups in total. The van der Waals surface area contributed by atoms with Crippen molar-refractivity contribution in [2.45, 2.75) is 38.5 Å². The van der Waals surface area contributed by atoms with Crippen molar-refractivity contribution >= 4 is 16.1 Å². The third-order valence-electron chi connectivity index (χ3n) is 6.17. The van der Waals surface area contributed by atoms with Crippen molar-refractivity contribution in [1.82, 2.24) is 13.5 Å². The van der Waals surface area contributed by atoms with Gasteiger partial charge in [0.2, 0.25) is 5.91 Å². The number of likely N-dealkylation sites (tertiary alicyclic amines) is 1. The van der Waals surface area contributed by atoms with Gasteiger partial charge in [-0.1, -0.05) is 0 Å². The van der Waals surface area contributed by atoms with E-state index in [1.165, 1.54) is 12.8 Å². The van der Waals surface area contributed by atoms with Gasteiger partial charge >= 0.3 is 0 Å². The average molecular weight is 372 g/mol. The lowest BCUT2D eigenvalue weighted by Gasteiger charge is -2.48. The van der Waals surface area contributed by atoms with Gasteiger partial charge in [-0.3, -0.25) is 4.79 Å². The first-order chi connectivity index (χ1) is 12.0. The smallest absolute Gasteiger partial charge is 0.282 e. The quantitative estimate of drug-likeness (QED) is 0.729. The molecular formula is C17H29N3O4S. The molecule has 7 nitrogen and oxygen atoms in total. The van der Waals surface area contributed by atoms with E-state index in [1.54, 1.807) is 8.61 Å². The lowest BCUT2D eigenvalue weighted by atomic mass is 9.74. The van der Waals surface area contributed by atoms with Crippen molar-refractivity contribution in [2.75, 3.05) is 52.5 Å². The molecule has 4 aliphatic rings. The second kappa shape index (κ2) is 6.79. The highest BCUT2D eigenvalue weighted by Gasteiger charge is 2.46. The van der Waals surface area contributed by atoms with Crippen LogP contribution in [-0.2, 0) is 19.7 Å². The van der Waals surface area contributed by atoms with Gasteiger partial charge in [0.05, 0.1) is 13.2 Å². The summed E-state index contributed by atoms with van der Waals surface area (Å²) in [5, 5.41) is 0. The number of amides is 1. The molecular weight excluding hydrogens is 342 g/mol. The predicted octanol–water partition coefficient (Wildman–Crippen LogP) is 0.678. The molecule has 0 aromatic carbocycles. The van der Waals surface area contributed by atoms with Gasteiger partial charge in [0.25, 0.3) is 10.2 Å². The molecule has 1 saturated carbocycles. The van der Waals surface area contributed by atoms with Crippen LogP contribution in [0.1, 0.15) is 38.5 Å². The summed E-state index contributed by atoms with van der Waals surface area (Å²) in [6.45, 7) is 4.59. The Kier molecular flexibility index (Phi) is 4.81. The molecule has 142 valence electrons. The highest BCUT2D eigenvalue weighted by molar-refractivity contribution is 7.86. The fraction of sp³-hybridized carbons (Fsp3) is 0.941. The van der Waals surface area contributed by atoms with Gasteiger partial charge in [0.1, 0.15) is 0 Å². The van der Waals surface area contributed by atoms with Crippen LogP contribution in [0.2, 0.25) is 0 Å². The van der Waals surface area contributed by atoms with E-state index in [1.807, 2.05) is 4.90 Å². The normalized spacial score (nSPS) is 33.1. The van der Waals surface area contributed by atoms with Gasteiger partial charge in [0.15, 0.2) is 0 Å². The Bertz CT molecular complexity index is 615. The van der Waals surface area contributed by atoms with Crippen LogP contribution in [0.4, 0.5) is 0 Å². The van der Waals surface area contributed by atoms with Crippen molar-refractivity contribution in [3.05, 3.63) is 0 Å². The lowest BCUT2D eigenvalue weighted by Crippen LogP contribution is -2.58. The van der Waals surface area contributed by atoms with E-state index in [2.05, 4.69) is 0 Å². The van der Waals surface area contributed by atoms with Crippen LogP contribution >= 0.6 is 0 Å². The second-order valence-corrected chi connectivity index (χ2v) is 10.1. The molecule has 1 atom stereocenters. The minimum absolute atomic E-state index is 0.0552. The Labute approximate surface area is 150 Å². The fourth-order valence-electron chi connectivity index (χ4n) is 4.51. The molecule has 3 heterocycles. The Hall–Kier alpha value is -0.700. The van der Waals surface area contributed by atoms with E-state index in [4.69, 9.17) is 4.74 Å². The van der Waals surface area contributed by atoms with Crippen molar-refractivity contribution in [2.24, 2.45) is 11.3 Å². The monoisotopic (exact) mass is 371 g/mol. The third-order valence-corrected chi connectivity index (χ3v) is 8.15. The maximum absolute atomic E-state index is 13.0. The molecule has 25 heavy (non-hydrogen) atoms. The largest absolute Gasteiger partial charge is 0.379 e. The standard InChI is InChI=1S/C17H29N3O4S/c21-16-4-6-17(13-18(16)12-15-2-3-15)5-1-7-20(14-17)25(22,23)19-8-10-24-11-9-19/h15H,1-14H2/t17-/m1/s1. The number of hydrogen-bond donors (Lipinski definition) is 0. The first-order valence-electron chi connectivity index (χ1n) is 9.59. The summed E-state index contributed by atoms with van der Waals surface area (Å²) in [7, 11) is -3.42. The molecule has 4 rings (SSSR count). The molecule has 0 aromatic heterocycles. The SMILES string of the molecule is O=C1CC[C@]2(CCCN(S(=O)(=O)N3CCOCC3)C2)CN1CC1CC1. The van der Waals surface area contributed by atoms with E-state index in [9.17, 15) is 13.2 Å². The molecule has 1 aliphatic carbocycles. The topological polar surface area (TPSA) is 70.2 Å². The number of piperidine rings is 2. The number of carbonyl (C=O) groups is 1. The number of hydrogen-bond acceptors (Lipinski definition) is 4. The zero-order chi connectivity index (χ0) is 17.5. The van der Waals surface area contributed by atoms with E-state index in [0.717, 1.165) is 32.4 Å². The van der Waals surface area contributed by atoms with Crippen LogP contribution in [0.3, 0.4) is 0 Å². The summed E-state index contributed by atoms with van der Waals surface area (Å²) in [5.74, 6) is 0.932. The Balaban J connectivity index is 1.46. The Morgan fingerprint density at radius 3 is 2.52 bits per heavy atom. The summed E-state index contributed by atoms with van der Waals surface area (Å²) < 4.78 is 34.6. The number of morpholine rings is 1. The summed E-state index contributed by atoms with van der Waals surface area (Å²) in [4.78, 5) is 14.3. The van der Waals surface area contributed by atoms with Gasteiger partial charge in [-0.2, -0.15) is 17.0 Å². The van der Waals surface area contributed by atoms with Crippen LogP contribution in [0.5, 0.6) is 0 Å². The van der Waals surface area contributed by atoms with Gasteiger partial charge in [0, 0.05) is 51.1 Å². The molecule has 0 radical (unpaired) electrons. The van der Waals surface area contributed by atoms with Gasteiger partial charge in [-0.05, 0) is 38.0 Å². The van der Waals surface area contributed by atoms with Crippen molar-refractivity contribution in [1.29, 1.82) is 0 Å². The van der Waals surface area contributed by atoms with Crippen LogP contribution in [0.25, 0.3) is 0 Å². The minimum Gasteiger partial charge on any atom is -0.379 e. The van der Waals surface area contributed by atoms with E-state index < -0.39 is 10.2 Å². The summed E-state index contributed by atoms with van der Waals surface area (Å²) in [5.41, 5.74) is -0.0552. The molecule has 0 bridgehead atoms. The van der Waals surface area contributed by atoms with Crippen molar-refractivity contribution in [3.63, 3.8) is 0 Å². The van der Waals surface area contributed by atoms with Crippen molar-refractivity contribution in [3.8, 4) is 0 Å². The molecule has 3 saturated heterocycles. The molecule has 1 spiro atoms. The van der Waals surface area contributed by atoms with Gasteiger partial charge in [-0.25, -0.2) is 0 Å². The second-order valence-electron chi connectivity index (χ2n) is 8.17. The Morgan fingerprint density at radius 1 is 1.04 bits per heavy atom. The van der Waals surface area contributed by atoms with E-state index >= 15 is 0 Å². The molecule has 0 aromatic rings. The van der Waals surface area contributed by atoms with E-state index in [-0.39, 0.29) is 11.3 Å². The highest BCUT2D eigenvalue weighted by atomic mass is 32.2. The summed E-state index contributed by atoms with van der Waals surface area (Å²) in [6, 6.07) is 0. The molecule has 3 aliphatic heterocycles. The highest BCUT2D eigenvalue weighted by Crippen LogP contribution is 2.41. The molecule has 4 fully saturated rings. The molecule has 0 unspecified atom stereocenters. The van der Waals surface area contributed by atoms with Crippen molar-refractivity contribution < 1.29 is 17.9 Å². The first-order valence-corrected chi connectivity index (χ1v) is 11.0. The first kappa shape index (κ1) is 17.7. The van der Waals surface area contributed by atoms with Gasteiger partial charge < -0.3 is 9.64 Å². The van der Waals surface area contributed by atoms with Crippen LogP contribution in [0.15, 0.2) is 0 Å². The minimum atomic E-state index is -3.42. The van der Waals surface area contributed by atoms with Gasteiger partial charge in [-0.15, -0.1) is 0 Å². The fourth-order valence-corrected chi connectivity index (χ4v) is 6.25. The number of carbonyl (C=O) groups excluding carboxylic acids is 1. The average Bonchev–Trinajstić information content (AvgIpc) is 3.43.